The Hall–Kier alpha value is -1.68. The van der Waals surface area contributed by atoms with Gasteiger partial charge in [0.1, 0.15) is 0 Å². The van der Waals surface area contributed by atoms with Gasteiger partial charge < -0.3 is 18.9 Å². The lowest BCUT2D eigenvalue weighted by molar-refractivity contribution is -0.0893. The van der Waals surface area contributed by atoms with Crippen LogP contribution in [0.1, 0.15) is 77.7 Å². The number of benzene rings is 1. The van der Waals surface area contributed by atoms with Crippen molar-refractivity contribution in [3.8, 4) is 0 Å². The number of unbranched alkanes of at least 4 members (excludes halogenated alkanes) is 4. The van der Waals surface area contributed by atoms with E-state index >= 15 is 0 Å². The summed E-state index contributed by atoms with van der Waals surface area (Å²) in [7, 11) is 0. The summed E-state index contributed by atoms with van der Waals surface area (Å²) in [5.74, 6) is 1.33. The Morgan fingerprint density at radius 2 is 1.41 bits per heavy atom. The quantitative estimate of drug-likeness (QED) is 0.175. The van der Waals surface area contributed by atoms with Gasteiger partial charge in [-0.1, -0.05) is 76.8 Å². The van der Waals surface area contributed by atoms with E-state index in [9.17, 15) is 0 Å². The maximum Gasteiger partial charge on any atom is 0.321 e. The first kappa shape index (κ1) is 23.4. The molecule has 1 aromatic rings. The fourth-order valence-corrected chi connectivity index (χ4v) is 2.45. The molecule has 1 aromatic carbocycles. The zero-order chi connectivity index (χ0) is 19.6. The third kappa shape index (κ3) is 11.6. The van der Waals surface area contributed by atoms with Gasteiger partial charge in [-0.3, -0.25) is 0 Å². The van der Waals surface area contributed by atoms with Gasteiger partial charge in [-0.05, 0) is 24.8 Å². The number of ether oxygens (including phenoxy) is 4. The molecule has 0 fully saturated rings. The molecule has 27 heavy (non-hydrogen) atoms. The summed E-state index contributed by atoms with van der Waals surface area (Å²) >= 11 is 0. The fraction of sp³-hybridized carbons (Fsp3) is 0.652. The third-order valence-corrected chi connectivity index (χ3v) is 4.13. The molecule has 0 saturated heterocycles. The molecular formula is C23H38O4. The van der Waals surface area contributed by atoms with E-state index < -0.39 is 0 Å². The predicted molar refractivity (Wildman–Crippen MR) is 110 cm³/mol. The highest BCUT2D eigenvalue weighted by molar-refractivity contribution is 5.13. The van der Waals surface area contributed by atoms with Crippen LogP contribution >= 0.6 is 0 Å². The van der Waals surface area contributed by atoms with Crippen LogP contribution in [0.4, 0.5) is 0 Å². The van der Waals surface area contributed by atoms with E-state index in [-0.39, 0.29) is 6.79 Å². The lowest BCUT2D eigenvalue weighted by atomic mass is 10.2. The van der Waals surface area contributed by atoms with Crippen LogP contribution in [0.5, 0.6) is 0 Å². The van der Waals surface area contributed by atoms with Gasteiger partial charge in [0.15, 0.2) is 12.6 Å². The molecule has 0 unspecified atom stereocenters. The second-order valence-electron chi connectivity index (χ2n) is 6.67. The van der Waals surface area contributed by atoms with E-state index in [4.69, 9.17) is 18.9 Å². The van der Waals surface area contributed by atoms with Crippen molar-refractivity contribution in [3.63, 3.8) is 0 Å². The summed E-state index contributed by atoms with van der Waals surface area (Å²) in [5.41, 5.74) is 1.13. The summed E-state index contributed by atoms with van der Waals surface area (Å²) < 4.78 is 23.4. The average Bonchev–Trinajstić information content (AvgIpc) is 2.70. The molecule has 0 heterocycles. The lowest BCUT2D eigenvalue weighted by Crippen LogP contribution is -2.10. The van der Waals surface area contributed by atoms with Crippen LogP contribution in [0, 0.1) is 0 Å². The molecule has 0 aromatic heterocycles. The maximum atomic E-state index is 6.01. The summed E-state index contributed by atoms with van der Waals surface area (Å²) in [6, 6.07) is 10.1. The topological polar surface area (TPSA) is 36.9 Å². The second kappa shape index (κ2) is 16.5. The van der Waals surface area contributed by atoms with Crippen LogP contribution < -0.4 is 0 Å². The number of hydrogen-bond acceptors (Lipinski definition) is 4. The van der Waals surface area contributed by atoms with E-state index in [1.807, 2.05) is 30.3 Å². The molecule has 0 amide bonds. The van der Waals surface area contributed by atoms with Crippen LogP contribution in [0.15, 0.2) is 42.0 Å². The van der Waals surface area contributed by atoms with E-state index in [2.05, 4.69) is 20.8 Å². The lowest BCUT2D eigenvalue weighted by Gasteiger charge is -2.18. The van der Waals surface area contributed by atoms with Crippen LogP contribution in [0.3, 0.4) is 0 Å². The van der Waals surface area contributed by atoms with Gasteiger partial charge in [0.05, 0.1) is 19.8 Å². The highest BCUT2D eigenvalue weighted by Crippen LogP contribution is 2.19. The van der Waals surface area contributed by atoms with Crippen molar-refractivity contribution in [2.45, 2.75) is 78.7 Å². The van der Waals surface area contributed by atoms with Gasteiger partial charge in [0, 0.05) is 6.42 Å². The van der Waals surface area contributed by atoms with Crippen LogP contribution in [-0.2, 0) is 25.6 Å². The second-order valence-corrected chi connectivity index (χ2v) is 6.67. The van der Waals surface area contributed by atoms with Gasteiger partial charge >= 0.3 is 5.95 Å². The van der Waals surface area contributed by atoms with E-state index in [1.165, 1.54) is 12.8 Å². The molecule has 0 saturated carbocycles. The van der Waals surface area contributed by atoms with Gasteiger partial charge in [-0.2, -0.15) is 0 Å². The van der Waals surface area contributed by atoms with E-state index in [0.29, 0.717) is 25.8 Å². The summed E-state index contributed by atoms with van der Waals surface area (Å²) in [6.45, 7) is 8.53. The largest absolute Gasteiger partial charge is 0.491 e. The zero-order valence-electron chi connectivity index (χ0n) is 17.5. The number of hydrogen-bond donors (Lipinski definition) is 0. The summed E-state index contributed by atoms with van der Waals surface area (Å²) in [5, 5.41) is 0. The van der Waals surface area contributed by atoms with Crippen molar-refractivity contribution >= 4 is 0 Å². The number of rotatable bonds is 17. The normalized spacial score (nSPS) is 11.8. The average molecular weight is 379 g/mol. The Labute approximate surface area is 165 Å². The maximum absolute atomic E-state index is 6.01. The van der Waals surface area contributed by atoms with Crippen LogP contribution in [0.2, 0.25) is 0 Å². The molecule has 0 aliphatic rings. The van der Waals surface area contributed by atoms with Crippen molar-refractivity contribution in [2.75, 3.05) is 20.0 Å². The first-order valence-corrected chi connectivity index (χ1v) is 10.5. The number of allylic oxidation sites excluding steroid dienone is 1. The molecule has 154 valence electrons. The van der Waals surface area contributed by atoms with Crippen molar-refractivity contribution in [1.82, 2.24) is 0 Å². The molecule has 0 bridgehead atoms. The highest BCUT2D eigenvalue weighted by atomic mass is 16.7. The van der Waals surface area contributed by atoms with Crippen molar-refractivity contribution in [1.29, 1.82) is 0 Å². The van der Waals surface area contributed by atoms with Gasteiger partial charge in [0.25, 0.3) is 0 Å². The SMILES string of the molecule is CCCCCC(OCCCC)=C(OCCCC)OCOCc1ccccc1. The minimum atomic E-state index is 0.158. The Morgan fingerprint density at radius 1 is 0.741 bits per heavy atom. The van der Waals surface area contributed by atoms with Crippen LogP contribution in [-0.4, -0.2) is 20.0 Å². The predicted octanol–water partition coefficient (Wildman–Crippen LogP) is 6.56. The first-order chi connectivity index (χ1) is 13.3. The molecule has 0 radical (unpaired) electrons. The molecular weight excluding hydrogens is 340 g/mol. The minimum Gasteiger partial charge on any atom is -0.491 e. The first-order valence-electron chi connectivity index (χ1n) is 10.5. The molecule has 4 heteroatoms. The van der Waals surface area contributed by atoms with E-state index in [0.717, 1.165) is 49.8 Å². The Kier molecular flexibility index (Phi) is 14.3. The highest BCUT2D eigenvalue weighted by Gasteiger charge is 2.13. The smallest absolute Gasteiger partial charge is 0.321 e. The molecule has 0 aliphatic heterocycles. The van der Waals surface area contributed by atoms with Gasteiger partial charge in [0.2, 0.25) is 0 Å². The van der Waals surface area contributed by atoms with Crippen molar-refractivity contribution in [3.05, 3.63) is 47.6 Å². The monoisotopic (exact) mass is 378 g/mol. The Bertz CT molecular complexity index is 472. The van der Waals surface area contributed by atoms with Crippen LogP contribution in [0.25, 0.3) is 0 Å². The summed E-state index contributed by atoms with van der Waals surface area (Å²) in [4.78, 5) is 0. The third-order valence-electron chi connectivity index (χ3n) is 4.13. The molecule has 0 N–H and O–H groups in total. The van der Waals surface area contributed by atoms with Gasteiger partial charge in [-0.15, -0.1) is 0 Å². The Morgan fingerprint density at radius 3 is 2.07 bits per heavy atom. The molecule has 0 aliphatic carbocycles. The van der Waals surface area contributed by atoms with Crippen molar-refractivity contribution < 1.29 is 18.9 Å². The summed E-state index contributed by atoms with van der Waals surface area (Å²) in [6.07, 6.45) is 8.49. The minimum absolute atomic E-state index is 0.158. The standard InChI is InChI=1S/C23H38O4/c1-4-7-11-16-22(25-17-8-5-2)23(26-18-9-6-3)27-20-24-19-21-14-12-10-13-15-21/h10,12-15H,4-9,11,16-20H2,1-3H3. The Balaban J connectivity index is 2.63. The van der Waals surface area contributed by atoms with E-state index in [1.54, 1.807) is 0 Å². The molecule has 0 atom stereocenters. The molecule has 0 spiro atoms. The zero-order valence-corrected chi connectivity index (χ0v) is 17.5. The fourth-order valence-electron chi connectivity index (χ4n) is 2.45. The molecule has 4 nitrogen and oxygen atoms in total. The molecule has 1 rings (SSSR count). The van der Waals surface area contributed by atoms with Gasteiger partial charge in [-0.25, -0.2) is 0 Å². The van der Waals surface area contributed by atoms with Crippen molar-refractivity contribution in [2.24, 2.45) is 0 Å².